The van der Waals surface area contributed by atoms with Crippen LogP contribution in [0.4, 0.5) is 0 Å². The van der Waals surface area contributed by atoms with Gasteiger partial charge >= 0.3 is 39.5 Å². The first kappa shape index (κ1) is 89.1. The molecule has 0 aromatic heterocycles. The molecule has 17 nitrogen and oxygen atoms in total. The fourth-order valence-corrected chi connectivity index (χ4v) is 12.4. The van der Waals surface area contributed by atoms with Gasteiger partial charge in [-0.3, -0.25) is 37.3 Å². The Morgan fingerprint density at radius 1 is 0.319 bits per heavy atom. The summed E-state index contributed by atoms with van der Waals surface area (Å²) in [4.78, 5) is 72.5. The van der Waals surface area contributed by atoms with Gasteiger partial charge in [0.2, 0.25) is 0 Å². The van der Waals surface area contributed by atoms with Crippen LogP contribution in [0.2, 0.25) is 0 Å². The second kappa shape index (κ2) is 62.8. The lowest BCUT2D eigenvalue weighted by molar-refractivity contribution is -0.161. The topological polar surface area (TPSA) is 237 Å². The van der Waals surface area contributed by atoms with E-state index in [1.54, 1.807) is 0 Å². The zero-order chi connectivity index (χ0) is 67.3. The maximum Gasteiger partial charge on any atom is 0.472 e. The molecule has 0 spiro atoms. The zero-order valence-corrected chi connectivity index (χ0v) is 61.1. The van der Waals surface area contributed by atoms with E-state index in [0.717, 1.165) is 114 Å². The van der Waals surface area contributed by atoms with Crippen LogP contribution in [-0.2, 0) is 65.4 Å². The first-order valence-corrected chi connectivity index (χ1v) is 40.4. The number of ether oxygens (including phenoxy) is 4. The molecule has 0 aromatic carbocycles. The highest BCUT2D eigenvalue weighted by molar-refractivity contribution is 7.47. The van der Waals surface area contributed by atoms with Crippen LogP contribution in [0.5, 0.6) is 0 Å². The quantitative estimate of drug-likeness (QED) is 0.0222. The molecular formula is C72H140O17P2. The predicted octanol–water partition coefficient (Wildman–Crippen LogP) is 20.6. The van der Waals surface area contributed by atoms with Gasteiger partial charge in [0, 0.05) is 25.7 Å². The molecule has 0 aliphatic rings. The smallest absolute Gasteiger partial charge is 0.462 e. The molecule has 6 atom stereocenters. The van der Waals surface area contributed by atoms with Gasteiger partial charge < -0.3 is 33.8 Å². The minimum atomic E-state index is -4.95. The van der Waals surface area contributed by atoms with Crippen LogP contribution in [0.15, 0.2) is 0 Å². The number of carbonyl (C=O) groups is 4. The second-order valence-corrected chi connectivity index (χ2v) is 30.1. The molecule has 0 rings (SSSR count). The van der Waals surface area contributed by atoms with E-state index in [4.69, 9.17) is 37.0 Å². The summed E-state index contributed by atoms with van der Waals surface area (Å²) in [6, 6.07) is 0. The minimum absolute atomic E-state index is 0.103. The largest absolute Gasteiger partial charge is 0.472 e. The standard InChI is InChI=1S/C72H140O17P2/c1-8-10-11-12-13-31-39-46-53-69(74)82-60-68(89-72(77)56-49-42-35-34-38-45-52-65(7)9-2)62-87-91(80,81)85-58-66(73)57-84-90(78,79)86-61-67(59-83-70(75)54-47-40-32-27-24-20-22-26-30-37-44-51-64(5)6)88-71(76)55-48-41-33-28-23-19-17-15-14-16-18-21-25-29-36-43-50-63(3)4/h63-68,73H,8-62H2,1-7H3,(H,78,79)(H,80,81)/t65?,66-,67-,68-/m1/s1. The van der Waals surface area contributed by atoms with Gasteiger partial charge in [-0.25, -0.2) is 9.13 Å². The normalized spacial score (nSPS) is 14.5. The van der Waals surface area contributed by atoms with Gasteiger partial charge in [-0.2, -0.15) is 0 Å². The lowest BCUT2D eigenvalue weighted by atomic mass is 10.00. The molecule has 3 N–H and O–H groups in total. The molecule has 0 bridgehead atoms. The number of rotatable bonds is 70. The zero-order valence-electron chi connectivity index (χ0n) is 59.3. The molecule has 0 saturated carbocycles. The lowest BCUT2D eigenvalue weighted by Gasteiger charge is -2.21. The average Bonchev–Trinajstić information content (AvgIpc) is 3.29. The van der Waals surface area contributed by atoms with Gasteiger partial charge in [-0.05, 0) is 43.4 Å². The highest BCUT2D eigenvalue weighted by atomic mass is 31.2. The summed E-state index contributed by atoms with van der Waals surface area (Å²) in [5.41, 5.74) is 0. The van der Waals surface area contributed by atoms with Crippen molar-refractivity contribution in [2.75, 3.05) is 39.6 Å². The van der Waals surface area contributed by atoms with Crippen molar-refractivity contribution in [1.82, 2.24) is 0 Å². The maximum absolute atomic E-state index is 13.0. The Bertz CT molecular complexity index is 1790. The molecule has 540 valence electrons. The number of carbonyl (C=O) groups excluding carboxylic acids is 4. The number of aliphatic hydroxyl groups is 1. The Hall–Kier alpha value is -1.94. The van der Waals surface area contributed by atoms with E-state index >= 15 is 0 Å². The van der Waals surface area contributed by atoms with Crippen molar-refractivity contribution in [1.29, 1.82) is 0 Å². The summed E-state index contributed by atoms with van der Waals surface area (Å²) in [5, 5.41) is 10.6. The third-order valence-corrected chi connectivity index (χ3v) is 18.9. The molecular weight excluding hydrogens is 1200 g/mol. The Labute approximate surface area is 556 Å². The van der Waals surface area contributed by atoms with Gasteiger partial charge in [-0.15, -0.1) is 0 Å². The summed E-state index contributed by atoms with van der Waals surface area (Å²) >= 11 is 0. The fourth-order valence-electron chi connectivity index (χ4n) is 10.9. The highest BCUT2D eigenvalue weighted by Crippen LogP contribution is 2.45. The third kappa shape index (κ3) is 65.1. The van der Waals surface area contributed by atoms with Crippen LogP contribution in [0.1, 0.15) is 363 Å². The van der Waals surface area contributed by atoms with Crippen LogP contribution in [0, 0.1) is 17.8 Å². The maximum atomic E-state index is 13.0. The number of phosphoric ester groups is 2. The van der Waals surface area contributed by atoms with Crippen LogP contribution in [0.3, 0.4) is 0 Å². The molecule has 3 unspecified atom stereocenters. The van der Waals surface area contributed by atoms with Crippen molar-refractivity contribution in [3.05, 3.63) is 0 Å². The molecule has 0 fully saturated rings. The third-order valence-electron chi connectivity index (χ3n) is 17.0. The van der Waals surface area contributed by atoms with E-state index in [9.17, 15) is 43.2 Å². The number of unbranched alkanes of at least 4 members (excludes halogenated alkanes) is 37. The minimum Gasteiger partial charge on any atom is -0.462 e. The van der Waals surface area contributed by atoms with Crippen molar-refractivity contribution < 1.29 is 80.2 Å². The Morgan fingerprint density at radius 3 is 0.835 bits per heavy atom. The summed E-state index contributed by atoms with van der Waals surface area (Å²) in [6.07, 6.45) is 47.3. The first-order valence-electron chi connectivity index (χ1n) is 37.4. The molecule has 0 aromatic rings. The van der Waals surface area contributed by atoms with Crippen molar-refractivity contribution in [2.45, 2.75) is 381 Å². The van der Waals surface area contributed by atoms with Crippen molar-refractivity contribution in [2.24, 2.45) is 17.8 Å². The number of esters is 4. The van der Waals surface area contributed by atoms with Crippen molar-refractivity contribution in [3.63, 3.8) is 0 Å². The molecule has 91 heavy (non-hydrogen) atoms. The molecule has 0 saturated heterocycles. The summed E-state index contributed by atoms with van der Waals surface area (Å²) in [5.74, 6) is 0.172. The second-order valence-electron chi connectivity index (χ2n) is 27.2. The number of hydrogen-bond acceptors (Lipinski definition) is 15. The van der Waals surface area contributed by atoms with Crippen LogP contribution in [0.25, 0.3) is 0 Å². The van der Waals surface area contributed by atoms with E-state index in [2.05, 4.69) is 48.5 Å². The fraction of sp³-hybridized carbons (Fsp3) is 0.944. The van der Waals surface area contributed by atoms with Gasteiger partial charge in [-0.1, -0.05) is 312 Å². The predicted molar refractivity (Wildman–Crippen MR) is 368 cm³/mol. The molecule has 0 aliphatic carbocycles. The van der Waals surface area contributed by atoms with Crippen LogP contribution < -0.4 is 0 Å². The van der Waals surface area contributed by atoms with E-state index < -0.39 is 97.5 Å². The Balaban J connectivity index is 5.20. The van der Waals surface area contributed by atoms with E-state index in [0.29, 0.717) is 25.7 Å². The lowest BCUT2D eigenvalue weighted by Crippen LogP contribution is -2.30. The Morgan fingerprint density at radius 2 is 0.560 bits per heavy atom. The molecule has 0 amide bonds. The van der Waals surface area contributed by atoms with Crippen molar-refractivity contribution >= 4 is 39.5 Å². The molecule has 0 aliphatic heterocycles. The van der Waals surface area contributed by atoms with Gasteiger partial charge in [0.05, 0.1) is 26.4 Å². The summed E-state index contributed by atoms with van der Waals surface area (Å²) < 4.78 is 68.3. The molecule has 0 heterocycles. The summed E-state index contributed by atoms with van der Waals surface area (Å²) in [7, 11) is -9.90. The van der Waals surface area contributed by atoms with Crippen LogP contribution in [-0.4, -0.2) is 96.7 Å². The number of aliphatic hydroxyl groups excluding tert-OH is 1. The van der Waals surface area contributed by atoms with E-state index in [1.807, 2.05) is 0 Å². The molecule has 19 heteroatoms. The number of hydrogen-bond donors (Lipinski definition) is 3. The number of phosphoric acid groups is 2. The van der Waals surface area contributed by atoms with Gasteiger partial charge in [0.25, 0.3) is 0 Å². The first-order chi connectivity index (χ1) is 43.8. The van der Waals surface area contributed by atoms with E-state index in [-0.39, 0.29) is 25.7 Å². The average molecular weight is 1340 g/mol. The van der Waals surface area contributed by atoms with Gasteiger partial charge in [0.1, 0.15) is 19.3 Å². The van der Waals surface area contributed by atoms with Crippen molar-refractivity contribution in [3.8, 4) is 0 Å². The van der Waals surface area contributed by atoms with Crippen LogP contribution >= 0.6 is 15.6 Å². The van der Waals surface area contributed by atoms with E-state index in [1.165, 1.54) is 167 Å². The SMILES string of the molecule is CCCCCCCCCCC(=O)OC[C@H](COP(=O)(O)OC[C@H](O)COP(=O)(O)OC[C@@H](COC(=O)CCCCCCCCCCCCCC(C)C)OC(=O)CCCCCCCCCCCCCCCCCCC(C)C)OC(=O)CCCCCCCCC(C)CC. The van der Waals surface area contributed by atoms with Gasteiger partial charge in [0.15, 0.2) is 12.2 Å². The molecule has 0 radical (unpaired) electrons. The Kier molecular flexibility index (Phi) is 61.5. The monoisotopic (exact) mass is 1340 g/mol. The summed E-state index contributed by atoms with van der Waals surface area (Å²) in [6.45, 7) is 11.8. The highest BCUT2D eigenvalue weighted by Gasteiger charge is 2.30.